The summed E-state index contributed by atoms with van der Waals surface area (Å²) in [6.07, 6.45) is 1.70. The number of unbranched alkanes of at least 4 members (excludes halogenated alkanes) is 1. The lowest BCUT2D eigenvalue weighted by atomic mass is 10.2. The van der Waals surface area contributed by atoms with Crippen LogP contribution >= 0.6 is 35.0 Å². The van der Waals surface area contributed by atoms with E-state index < -0.39 is 17.8 Å². The number of halogens is 2. The van der Waals surface area contributed by atoms with Crippen molar-refractivity contribution >= 4 is 64.1 Å². The maximum absolute atomic E-state index is 13.5. The number of rotatable bonds is 9. The highest BCUT2D eigenvalue weighted by molar-refractivity contribution is 8.04. The van der Waals surface area contributed by atoms with Crippen LogP contribution in [0.1, 0.15) is 30.1 Å². The van der Waals surface area contributed by atoms with Gasteiger partial charge in [-0.1, -0.05) is 66.5 Å². The van der Waals surface area contributed by atoms with Crippen LogP contribution in [-0.4, -0.2) is 24.4 Å². The van der Waals surface area contributed by atoms with Crippen molar-refractivity contribution in [2.75, 3.05) is 16.8 Å². The van der Waals surface area contributed by atoms with Crippen molar-refractivity contribution in [1.29, 1.82) is 0 Å². The van der Waals surface area contributed by atoms with Crippen LogP contribution in [0.15, 0.2) is 88.3 Å². The predicted octanol–water partition coefficient (Wildman–Crippen LogP) is 6.94. The minimum absolute atomic E-state index is 0.107. The van der Waals surface area contributed by atoms with Gasteiger partial charge in [-0.05, 0) is 61.0 Å². The molecule has 0 spiro atoms. The van der Waals surface area contributed by atoms with E-state index in [-0.39, 0.29) is 10.6 Å². The number of thioether (sulfide) groups is 1. The molecule has 0 unspecified atom stereocenters. The molecule has 1 aliphatic rings. The number of carbonyl (C=O) groups is 3. The molecule has 0 atom stereocenters. The molecule has 36 heavy (non-hydrogen) atoms. The molecule has 0 fully saturated rings. The maximum Gasteiger partial charge on any atom is 0.338 e. The first-order chi connectivity index (χ1) is 17.4. The summed E-state index contributed by atoms with van der Waals surface area (Å²) in [4.78, 5) is 41.3. The molecule has 184 valence electrons. The summed E-state index contributed by atoms with van der Waals surface area (Å²) < 4.78 is 5.23. The fourth-order valence-corrected chi connectivity index (χ4v) is 4.94. The molecule has 1 heterocycles. The van der Waals surface area contributed by atoms with Crippen LogP contribution in [0.5, 0.6) is 0 Å². The van der Waals surface area contributed by atoms with Crippen molar-refractivity contribution in [3.63, 3.8) is 0 Å². The molecule has 0 aromatic heterocycles. The van der Waals surface area contributed by atoms with Crippen molar-refractivity contribution < 1.29 is 19.1 Å². The summed E-state index contributed by atoms with van der Waals surface area (Å²) in [5, 5.41) is 3.81. The molecule has 0 radical (unpaired) electrons. The van der Waals surface area contributed by atoms with Crippen molar-refractivity contribution in [2.24, 2.45) is 0 Å². The first-order valence-electron chi connectivity index (χ1n) is 11.2. The van der Waals surface area contributed by atoms with Gasteiger partial charge in [-0.15, -0.1) is 0 Å². The Bertz CT molecular complexity index is 1310. The highest BCUT2D eigenvalue weighted by Gasteiger charge is 2.40. The number of nitrogens with one attached hydrogen (secondary N) is 1. The van der Waals surface area contributed by atoms with Gasteiger partial charge in [-0.2, -0.15) is 0 Å². The number of esters is 1. The zero-order valence-corrected chi connectivity index (χ0v) is 21.6. The normalized spacial score (nSPS) is 13.4. The molecule has 3 aromatic carbocycles. The van der Waals surface area contributed by atoms with Gasteiger partial charge in [0.1, 0.15) is 10.6 Å². The van der Waals surface area contributed by atoms with Crippen molar-refractivity contribution in [2.45, 2.75) is 24.7 Å². The van der Waals surface area contributed by atoms with E-state index in [0.29, 0.717) is 33.6 Å². The molecule has 0 bridgehead atoms. The lowest BCUT2D eigenvalue weighted by molar-refractivity contribution is -0.120. The molecule has 1 aliphatic heterocycles. The van der Waals surface area contributed by atoms with Gasteiger partial charge >= 0.3 is 5.97 Å². The summed E-state index contributed by atoms with van der Waals surface area (Å²) in [6.45, 7) is 2.35. The monoisotopic (exact) mass is 540 g/mol. The summed E-state index contributed by atoms with van der Waals surface area (Å²) in [5.74, 6) is -1.47. The van der Waals surface area contributed by atoms with Crippen molar-refractivity contribution in [1.82, 2.24) is 0 Å². The molecule has 3 aromatic rings. The molecule has 2 amide bonds. The number of anilines is 2. The highest BCUT2D eigenvalue weighted by atomic mass is 35.5. The minimum Gasteiger partial charge on any atom is -0.462 e. The van der Waals surface area contributed by atoms with E-state index >= 15 is 0 Å². The Morgan fingerprint density at radius 3 is 2.25 bits per heavy atom. The number of amides is 2. The van der Waals surface area contributed by atoms with Gasteiger partial charge in [0.05, 0.1) is 17.9 Å². The van der Waals surface area contributed by atoms with Crippen LogP contribution < -0.4 is 10.2 Å². The SMILES string of the molecule is CCCCOC(=O)c1ccc(N2C(=O)C(Nc3cc(Cl)cc(Cl)c3)=C(Sc3ccccc3)C2=O)cc1. The second-order valence-corrected chi connectivity index (χ2v) is 9.84. The molecule has 1 N–H and O–H groups in total. The Morgan fingerprint density at radius 1 is 0.944 bits per heavy atom. The Morgan fingerprint density at radius 2 is 1.61 bits per heavy atom. The lowest BCUT2D eigenvalue weighted by Crippen LogP contribution is -2.32. The van der Waals surface area contributed by atoms with Crippen LogP contribution in [0.2, 0.25) is 10.0 Å². The number of nitrogens with zero attached hydrogens (tertiary/aromatic N) is 1. The van der Waals surface area contributed by atoms with Gasteiger partial charge in [0.15, 0.2) is 0 Å². The maximum atomic E-state index is 13.5. The minimum atomic E-state index is -0.534. The summed E-state index contributed by atoms with van der Waals surface area (Å²) in [6, 6.07) is 20.3. The van der Waals surface area contributed by atoms with Gasteiger partial charge in [0, 0.05) is 20.6 Å². The second kappa shape index (κ2) is 11.6. The predicted molar refractivity (Wildman–Crippen MR) is 144 cm³/mol. The molecule has 4 rings (SSSR count). The number of carbonyl (C=O) groups excluding carboxylic acids is 3. The molecule has 9 heteroatoms. The average Bonchev–Trinajstić information content (AvgIpc) is 3.08. The molecule has 0 saturated heterocycles. The fraction of sp³-hybridized carbons (Fsp3) is 0.148. The fourth-order valence-electron chi connectivity index (χ4n) is 3.46. The third kappa shape index (κ3) is 5.93. The summed E-state index contributed by atoms with van der Waals surface area (Å²) in [5.41, 5.74) is 1.26. The number of ether oxygens (including phenoxy) is 1. The van der Waals surface area contributed by atoms with Crippen LogP contribution in [0, 0.1) is 0 Å². The van der Waals surface area contributed by atoms with Gasteiger partial charge < -0.3 is 10.1 Å². The quantitative estimate of drug-likeness (QED) is 0.180. The van der Waals surface area contributed by atoms with E-state index in [9.17, 15) is 14.4 Å². The molecule has 0 saturated carbocycles. The lowest BCUT2D eigenvalue weighted by Gasteiger charge is -2.16. The second-order valence-electron chi connectivity index (χ2n) is 7.88. The largest absolute Gasteiger partial charge is 0.462 e. The number of benzene rings is 3. The van der Waals surface area contributed by atoms with Crippen LogP contribution in [0.3, 0.4) is 0 Å². The number of hydrogen-bond donors (Lipinski definition) is 1. The van der Waals surface area contributed by atoms with Crippen molar-refractivity contribution in [3.8, 4) is 0 Å². The molecular formula is C27H22Cl2N2O4S. The van der Waals surface area contributed by atoms with Gasteiger partial charge in [0.25, 0.3) is 11.8 Å². The Kier molecular flexibility index (Phi) is 8.36. The summed E-state index contributed by atoms with van der Waals surface area (Å²) in [7, 11) is 0. The van der Waals surface area contributed by atoms with E-state index in [1.54, 1.807) is 30.3 Å². The van der Waals surface area contributed by atoms with Crippen LogP contribution in [0.25, 0.3) is 0 Å². The number of hydrogen-bond acceptors (Lipinski definition) is 6. The third-order valence-corrected chi connectivity index (χ3v) is 6.76. The van der Waals surface area contributed by atoms with E-state index in [4.69, 9.17) is 27.9 Å². The first-order valence-corrected chi connectivity index (χ1v) is 12.8. The third-order valence-electron chi connectivity index (χ3n) is 5.23. The Balaban J connectivity index is 1.64. The zero-order valence-electron chi connectivity index (χ0n) is 19.3. The Labute approximate surface area is 223 Å². The van der Waals surface area contributed by atoms with Gasteiger partial charge in [-0.3, -0.25) is 9.59 Å². The van der Waals surface area contributed by atoms with E-state index in [1.165, 1.54) is 23.9 Å². The van der Waals surface area contributed by atoms with E-state index in [0.717, 1.165) is 22.6 Å². The molecule has 6 nitrogen and oxygen atoms in total. The topological polar surface area (TPSA) is 75.7 Å². The van der Waals surface area contributed by atoms with Crippen molar-refractivity contribution in [3.05, 3.63) is 99.0 Å². The standard InChI is InChI=1S/C27H22Cl2N2O4S/c1-2-3-13-35-27(34)17-9-11-21(12-10-17)31-25(32)23(30-20-15-18(28)14-19(29)16-20)24(26(31)33)36-22-7-5-4-6-8-22/h4-12,14-16,30H,2-3,13H2,1H3. The van der Waals surface area contributed by atoms with E-state index in [1.807, 2.05) is 37.3 Å². The zero-order chi connectivity index (χ0) is 25.7. The first kappa shape index (κ1) is 25.8. The average molecular weight is 541 g/mol. The summed E-state index contributed by atoms with van der Waals surface area (Å²) >= 11 is 13.4. The Hall–Kier alpha value is -3.26. The smallest absolute Gasteiger partial charge is 0.338 e. The molecular weight excluding hydrogens is 519 g/mol. The highest BCUT2D eigenvalue weighted by Crippen LogP contribution is 2.38. The molecule has 0 aliphatic carbocycles. The van der Waals surface area contributed by atoms with E-state index in [2.05, 4.69) is 5.32 Å². The van der Waals surface area contributed by atoms with Crippen LogP contribution in [0.4, 0.5) is 11.4 Å². The van der Waals surface area contributed by atoms with Gasteiger partial charge in [0.2, 0.25) is 0 Å². The van der Waals surface area contributed by atoms with Gasteiger partial charge in [-0.25, -0.2) is 9.69 Å². The van der Waals surface area contributed by atoms with Crippen LogP contribution in [-0.2, 0) is 14.3 Å². The number of imide groups is 1.